The number of carbonyl (C=O) groups excluding carboxylic acids is 2. The predicted octanol–water partition coefficient (Wildman–Crippen LogP) is 5.27. The lowest BCUT2D eigenvalue weighted by Gasteiger charge is -2.10. The van der Waals surface area contributed by atoms with Gasteiger partial charge in [0.2, 0.25) is 0 Å². The number of phenolic OH excluding ortho intramolecular Hbond substituents is 1. The fourth-order valence-corrected chi connectivity index (χ4v) is 3.88. The Hall–Kier alpha value is -3.03. The monoisotopic (exact) mass is 458 g/mol. The van der Waals surface area contributed by atoms with Crippen molar-refractivity contribution in [3.8, 4) is 17.0 Å². The quantitative estimate of drug-likeness (QED) is 0.453. The van der Waals surface area contributed by atoms with E-state index in [4.69, 9.17) is 23.2 Å². The van der Waals surface area contributed by atoms with E-state index in [1.54, 1.807) is 36.4 Å². The second kappa shape index (κ2) is 8.61. The number of nitrogens with zero attached hydrogens (tertiary/aromatic N) is 2. The van der Waals surface area contributed by atoms with Gasteiger partial charge in [0.05, 0.1) is 27.0 Å². The smallest absolute Gasteiger partial charge is 0.342 e. The van der Waals surface area contributed by atoms with Crippen LogP contribution in [0.2, 0.25) is 10.0 Å². The van der Waals surface area contributed by atoms with Gasteiger partial charge in [-0.05, 0) is 56.2 Å². The van der Waals surface area contributed by atoms with Crippen LogP contribution in [0.15, 0.2) is 42.5 Å². The van der Waals surface area contributed by atoms with Gasteiger partial charge in [0, 0.05) is 23.7 Å². The average molecular weight is 459 g/mol. The van der Waals surface area contributed by atoms with E-state index < -0.39 is 5.91 Å². The lowest BCUT2D eigenvalue weighted by atomic mass is 10.1. The topological polar surface area (TPSA) is 96.3 Å². The van der Waals surface area contributed by atoms with Crippen LogP contribution in [0.3, 0.4) is 0 Å². The van der Waals surface area contributed by atoms with Gasteiger partial charge in [-0.3, -0.25) is 4.79 Å². The summed E-state index contributed by atoms with van der Waals surface area (Å²) in [5.41, 5.74) is 2.23. The molecule has 1 aliphatic carbocycles. The number of benzene rings is 2. The minimum absolute atomic E-state index is 0.0170. The molecule has 0 radical (unpaired) electrons. The molecule has 160 valence electrons. The third-order valence-corrected chi connectivity index (χ3v) is 5.60. The van der Waals surface area contributed by atoms with Gasteiger partial charge in [-0.25, -0.2) is 4.79 Å². The molecule has 31 heavy (non-hydrogen) atoms. The molecule has 1 aliphatic rings. The van der Waals surface area contributed by atoms with Crippen molar-refractivity contribution in [3.05, 3.63) is 63.8 Å². The molecule has 0 saturated heterocycles. The van der Waals surface area contributed by atoms with E-state index in [1.165, 1.54) is 10.7 Å². The molecule has 2 aromatic carbocycles. The first-order chi connectivity index (χ1) is 14.9. The van der Waals surface area contributed by atoms with E-state index in [0.29, 0.717) is 23.5 Å². The maximum atomic E-state index is 12.7. The highest BCUT2D eigenvalue weighted by Gasteiger charge is 2.30. The largest absolute Gasteiger partial charge is 0.507 e. The summed E-state index contributed by atoms with van der Waals surface area (Å²) >= 11 is 12.2. The highest BCUT2D eigenvalue weighted by atomic mass is 35.5. The lowest BCUT2D eigenvalue weighted by molar-refractivity contribution is 0.102. The Balaban J connectivity index is 1.66. The van der Waals surface area contributed by atoms with E-state index >= 15 is 0 Å². The van der Waals surface area contributed by atoms with Crippen molar-refractivity contribution < 1.29 is 14.7 Å². The van der Waals surface area contributed by atoms with E-state index in [0.717, 1.165) is 18.5 Å². The van der Waals surface area contributed by atoms with Crippen LogP contribution in [0, 0.1) is 0 Å². The van der Waals surface area contributed by atoms with E-state index in [9.17, 15) is 14.7 Å². The highest BCUT2D eigenvalue weighted by Crippen LogP contribution is 2.42. The molecule has 4 rings (SSSR count). The molecular formula is C22H20Cl2N4O3. The fraction of sp³-hybridized carbons (Fsp3) is 0.227. The van der Waals surface area contributed by atoms with Gasteiger partial charge >= 0.3 is 6.03 Å². The Bertz CT molecular complexity index is 1150. The lowest BCUT2D eigenvalue weighted by Crippen LogP contribution is -2.30. The molecule has 0 aliphatic heterocycles. The SMILES string of the molecule is CCNC(=O)n1nc(-c2cc(NC(=O)c3c(Cl)cccc3Cl)ccc2O)cc1C1CC1. The van der Waals surface area contributed by atoms with Gasteiger partial charge in [-0.1, -0.05) is 29.3 Å². The number of hydrogen-bond acceptors (Lipinski definition) is 4. The van der Waals surface area contributed by atoms with E-state index in [1.807, 2.05) is 6.92 Å². The number of phenols is 1. The second-order valence-electron chi connectivity index (χ2n) is 7.26. The van der Waals surface area contributed by atoms with E-state index in [2.05, 4.69) is 15.7 Å². The molecule has 3 N–H and O–H groups in total. The third kappa shape index (κ3) is 4.38. The second-order valence-corrected chi connectivity index (χ2v) is 8.07. The van der Waals surface area contributed by atoms with Crippen LogP contribution < -0.4 is 10.6 Å². The van der Waals surface area contributed by atoms with Crippen LogP contribution in [-0.2, 0) is 0 Å². The van der Waals surface area contributed by atoms with Crippen molar-refractivity contribution in [1.82, 2.24) is 15.1 Å². The molecule has 0 bridgehead atoms. The van der Waals surface area contributed by atoms with Crippen molar-refractivity contribution in [2.24, 2.45) is 0 Å². The van der Waals surface area contributed by atoms with Crippen LogP contribution in [0.5, 0.6) is 5.75 Å². The Morgan fingerprint density at radius 1 is 1.16 bits per heavy atom. The van der Waals surface area contributed by atoms with Crippen molar-refractivity contribution in [1.29, 1.82) is 0 Å². The van der Waals surface area contributed by atoms with Gasteiger partial charge in [0.25, 0.3) is 5.91 Å². The summed E-state index contributed by atoms with van der Waals surface area (Å²) in [6.45, 7) is 2.32. The number of halogens is 2. The Morgan fingerprint density at radius 3 is 2.52 bits per heavy atom. The summed E-state index contributed by atoms with van der Waals surface area (Å²) in [7, 11) is 0. The third-order valence-electron chi connectivity index (χ3n) is 4.97. The summed E-state index contributed by atoms with van der Waals surface area (Å²) in [6.07, 6.45) is 1.98. The molecule has 0 unspecified atom stereocenters. The molecular weight excluding hydrogens is 439 g/mol. The summed E-state index contributed by atoms with van der Waals surface area (Å²) < 4.78 is 1.35. The number of amides is 2. The minimum atomic E-state index is -0.473. The summed E-state index contributed by atoms with van der Waals surface area (Å²) in [5.74, 6) is -0.216. The average Bonchev–Trinajstić information content (AvgIpc) is 3.48. The van der Waals surface area contributed by atoms with Crippen molar-refractivity contribution in [3.63, 3.8) is 0 Å². The van der Waals surface area contributed by atoms with Crippen molar-refractivity contribution >= 4 is 40.8 Å². The molecule has 9 heteroatoms. The maximum absolute atomic E-state index is 12.7. The van der Waals surface area contributed by atoms with Crippen LogP contribution in [0.1, 0.15) is 41.7 Å². The van der Waals surface area contributed by atoms with Gasteiger partial charge in [-0.15, -0.1) is 0 Å². The van der Waals surface area contributed by atoms with Crippen molar-refractivity contribution in [2.45, 2.75) is 25.7 Å². The number of aromatic nitrogens is 2. The van der Waals surface area contributed by atoms with Gasteiger partial charge < -0.3 is 15.7 Å². The minimum Gasteiger partial charge on any atom is -0.507 e. The fourth-order valence-electron chi connectivity index (χ4n) is 3.31. The van der Waals surface area contributed by atoms with Crippen LogP contribution in [0.4, 0.5) is 10.5 Å². The zero-order valence-corrected chi connectivity index (χ0v) is 18.2. The predicted molar refractivity (Wildman–Crippen MR) is 120 cm³/mol. The number of aromatic hydroxyl groups is 1. The first kappa shape index (κ1) is 21.2. The molecule has 3 aromatic rings. The van der Waals surface area contributed by atoms with Gasteiger partial charge in [0.1, 0.15) is 5.75 Å². The Labute approximate surface area is 189 Å². The number of hydrogen-bond donors (Lipinski definition) is 3. The van der Waals surface area contributed by atoms with Crippen LogP contribution in [0.25, 0.3) is 11.3 Å². The van der Waals surface area contributed by atoms with E-state index in [-0.39, 0.29) is 33.3 Å². The number of nitrogens with one attached hydrogen (secondary N) is 2. The normalized spacial score (nSPS) is 13.1. The standard InChI is InChI=1S/C22H20Cl2N4O3/c1-2-25-22(31)28-18(12-6-7-12)11-17(27-28)14-10-13(8-9-19(14)29)26-21(30)20-15(23)4-3-5-16(20)24/h3-5,8-12,29H,2,6-7H2,1H3,(H,25,31)(H,26,30). The Morgan fingerprint density at radius 2 is 1.87 bits per heavy atom. The molecule has 2 amide bonds. The number of carbonyl (C=O) groups is 2. The summed E-state index contributed by atoms with van der Waals surface area (Å²) in [6, 6.07) is 10.9. The van der Waals surface area contributed by atoms with Crippen LogP contribution in [-0.4, -0.2) is 33.4 Å². The molecule has 1 aromatic heterocycles. The molecule has 7 nitrogen and oxygen atoms in total. The van der Waals surface area contributed by atoms with Gasteiger partial charge in [0.15, 0.2) is 0 Å². The number of rotatable bonds is 5. The molecule has 0 atom stereocenters. The molecule has 1 fully saturated rings. The Kier molecular flexibility index (Phi) is 5.89. The highest BCUT2D eigenvalue weighted by molar-refractivity contribution is 6.40. The number of anilines is 1. The molecule has 1 saturated carbocycles. The zero-order valence-electron chi connectivity index (χ0n) is 16.7. The first-order valence-corrected chi connectivity index (χ1v) is 10.6. The summed E-state index contributed by atoms with van der Waals surface area (Å²) in [4.78, 5) is 25.1. The molecule has 0 spiro atoms. The molecule has 1 heterocycles. The maximum Gasteiger partial charge on any atom is 0.342 e. The zero-order chi connectivity index (χ0) is 22.1. The van der Waals surface area contributed by atoms with Gasteiger partial charge in [-0.2, -0.15) is 9.78 Å². The first-order valence-electron chi connectivity index (χ1n) is 9.86. The van der Waals surface area contributed by atoms with Crippen LogP contribution >= 0.6 is 23.2 Å². The summed E-state index contributed by atoms with van der Waals surface area (Å²) in [5, 5.41) is 20.8. The van der Waals surface area contributed by atoms with Crippen molar-refractivity contribution in [2.75, 3.05) is 11.9 Å².